The van der Waals surface area contributed by atoms with Gasteiger partial charge in [-0.25, -0.2) is 4.79 Å². The number of halogens is 4. The minimum atomic E-state index is -4.47. The van der Waals surface area contributed by atoms with E-state index in [9.17, 15) is 18.0 Å². The maximum Gasteiger partial charge on any atom is 0.413 e. The fraction of sp³-hybridized carbons (Fsp3) is 0.250. The summed E-state index contributed by atoms with van der Waals surface area (Å²) in [6.45, 7) is 0.899. The molecule has 18 heavy (non-hydrogen) atoms. The van der Waals surface area contributed by atoms with Crippen molar-refractivity contribution in [2.45, 2.75) is 13.1 Å². The molecule has 0 bridgehead atoms. The fourth-order valence-corrected chi connectivity index (χ4v) is 1.44. The highest BCUT2D eigenvalue weighted by atomic mass is 35.5. The van der Waals surface area contributed by atoms with Gasteiger partial charge < -0.3 is 4.74 Å². The van der Waals surface area contributed by atoms with Crippen LogP contribution in [0, 0.1) is 0 Å². The van der Waals surface area contributed by atoms with Crippen molar-refractivity contribution in [2.75, 3.05) is 7.11 Å². The number of ether oxygens (including phenoxy) is 1. The number of rotatable bonds is 2. The van der Waals surface area contributed by atoms with Crippen LogP contribution in [0.2, 0.25) is 0 Å². The Bertz CT molecular complexity index is 475. The van der Waals surface area contributed by atoms with E-state index in [-0.39, 0.29) is 16.2 Å². The fourth-order valence-electron chi connectivity index (χ4n) is 1.21. The zero-order valence-corrected chi connectivity index (χ0v) is 10.4. The van der Waals surface area contributed by atoms with Gasteiger partial charge in [0, 0.05) is 5.57 Å². The van der Waals surface area contributed by atoms with Crippen molar-refractivity contribution < 1.29 is 22.7 Å². The van der Waals surface area contributed by atoms with Crippen molar-refractivity contribution in [3.8, 4) is 0 Å². The molecule has 0 fully saturated rings. The molecule has 0 N–H and O–H groups in total. The number of esters is 1. The van der Waals surface area contributed by atoms with Crippen LogP contribution in [0.15, 0.2) is 29.8 Å². The van der Waals surface area contributed by atoms with E-state index in [4.69, 9.17) is 11.6 Å². The van der Waals surface area contributed by atoms with E-state index < -0.39 is 17.7 Å². The lowest BCUT2D eigenvalue weighted by Gasteiger charge is -2.10. The monoisotopic (exact) mass is 278 g/mol. The van der Waals surface area contributed by atoms with Gasteiger partial charge in [-0.2, -0.15) is 13.2 Å². The zero-order chi connectivity index (χ0) is 13.9. The van der Waals surface area contributed by atoms with Gasteiger partial charge in [-0.3, -0.25) is 0 Å². The molecule has 0 atom stereocenters. The van der Waals surface area contributed by atoms with E-state index in [1.54, 1.807) is 0 Å². The maximum atomic E-state index is 12.4. The number of carbonyl (C=O) groups excluding carboxylic acids is 1. The van der Waals surface area contributed by atoms with Crippen LogP contribution in [0.3, 0.4) is 0 Å². The van der Waals surface area contributed by atoms with E-state index in [2.05, 4.69) is 4.74 Å². The third-order valence-corrected chi connectivity index (χ3v) is 2.82. The Kier molecular flexibility index (Phi) is 4.40. The summed E-state index contributed by atoms with van der Waals surface area (Å²) >= 11 is 5.65. The number of hydrogen-bond donors (Lipinski definition) is 0. The molecule has 0 spiro atoms. The maximum absolute atomic E-state index is 12.4. The van der Waals surface area contributed by atoms with Crippen LogP contribution >= 0.6 is 11.6 Å². The van der Waals surface area contributed by atoms with Crippen LogP contribution in [-0.2, 0) is 4.74 Å². The van der Waals surface area contributed by atoms with Crippen LogP contribution < -0.4 is 0 Å². The van der Waals surface area contributed by atoms with E-state index >= 15 is 0 Å². The van der Waals surface area contributed by atoms with Gasteiger partial charge in [0.15, 0.2) is 0 Å². The molecule has 0 aliphatic heterocycles. The number of allylic oxidation sites excluding steroid dienone is 1. The Hall–Kier alpha value is -1.49. The molecule has 0 aromatic heterocycles. The van der Waals surface area contributed by atoms with E-state index in [1.165, 1.54) is 31.4 Å². The average molecular weight is 279 g/mol. The molecule has 0 amide bonds. The first-order chi connectivity index (χ1) is 8.27. The quantitative estimate of drug-likeness (QED) is 0.764. The summed E-state index contributed by atoms with van der Waals surface area (Å²) in [4.78, 5) is 11.1. The smallest absolute Gasteiger partial charge is 0.413 e. The molecule has 0 heterocycles. The molecule has 0 radical (unpaired) electrons. The molecular weight excluding hydrogens is 269 g/mol. The van der Waals surface area contributed by atoms with Crippen LogP contribution in [0.5, 0.6) is 0 Å². The summed E-state index contributed by atoms with van der Waals surface area (Å²) in [6.07, 6.45) is -4.47. The first-order valence-electron chi connectivity index (χ1n) is 4.89. The number of benzene rings is 1. The van der Waals surface area contributed by atoms with Gasteiger partial charge in [-0.05, 0) is 24.6 Å². The molecule has 98 valence electrons. The summed E-state index contributed by atoms with van der Waals surface area (Å²) in [5, 5.41) is -0.390. The van der Waals surface area contributed by atoms with Gasteiger partial charge >= 0.3 is 12.1 Å². The summed E-state index contributed by atoms with van der Waals surface area (Å²) in [7, 11) is 1.22. The highest BCUT2D eigenvalue weighted by Gasteiger charge is 2.32. The molecule has 0 aliphatic carbocycles. The Morgan fingerprint density at radius 1 is 1.17 bits per heavy atom. The summed E-state index contributed by atoms with van der Waals surface area (Å²) in [5.41, 5.74) is -0.440. The standard InChI is InChI=1S/C12H10ClF3O2/c1-7(12(14,15)16)10(13)8-3-5-9(6-4-8)11(17)18-2/h3-6H,1-2H3/b10-7+. The number of carbonyl (C=O) groups is 1. The van der Waals surface area contributed by atoms with E-state index in [0.717, 1.165) is 6.92 Å². The van der Waals surface area contributed by atoms with Crippen LogP contribution in [0.25, 0.3) is 5.03 Å². The van der Waals surface area contributed by atoms with Crippen molar-refractivity contribution in [3.05, 3.63) is 41.0 Å². The molecule has 0 unspecified atom stereocenters. The van der Waals surface area contributed by atoms with Gasteiger partial charge in [0.25, 0.3) is 0 Å². The predicted octanol–water partition coefficient (Wildman–Crippen LogP) is 4.01. The van der Waals surface area contributed by atoms with Crippen LogP contribution in [0.1, 0.15) is 22.8 Å². The first-order valence-corrected chi connectivity index (χ1v) is 5.27. The molecule has 0 saturated heterocycles. The van der Waals surface area contributed by atoms with Crippen molar-refractivity contribution in [2.24, 2.45) is 0 Å². The lowest BCUT2D eigenvalue weighted by molar-refractivity contribution is -0.0905. The summed E-state index contributed by atoms with van der Waals surface area (Å²) in [6, 6.07) is 5.38. The van der Waals surface area contributed by atoms with E-state index in [0.29, 0.717) is 0 Å². The molecule has 0 saturated carbocycles. The summed E-state index contributed by atoms with van der Waals surface area (Å²) < 4.78 is 41.8. The van der Waals surface area contributed by atoms with Gasteiger partial charge in [0.2, 0.25) is 0 Å². The van der Waals surface area contributed by atoms with Crippen LogP contribution in [-0.4, -0.2) is 19.3 Å². The van der Waals surface area contributed by atoms with Gasteiger partial charge in [0.1, 0.15) is 0 Å². The second kappa shape index (κ2) is 5.44. The lowest BCUT2D eigenvalue weighted by Crippen LogP contribution is -2.10. The predicted molar refractivity (Wildman–Crippen MR) is 62.3 cm³/mol. The van der Waals surface area contributed by atoms with Gasteiger partial charge in [-0.15, -0.1) is 0 Å². The Morgan fingerprint density at radius 2 is 1.61 bits per heavy atom. The highest BCUT2D eigenvalue weighted by Crippen LogP contribution is 2.34. The topological polar surface area (TPSA) is 26.3 Å². The second-order valence-electron chi connectivity index (χ2n) is 3.51. The van der Waals surface area contributed by atoms with Gasteiger partial charge in [-0.1, -0.05) is 23.7 Å². The third-order valence-electron chi connectivity index (χ3n) is 2.31. The van der Waals surface area contributed by atoms with Crippen molar-refractivity contribution in [1.82, 2.24) is 0 Å². The Balaban J connectivity index is 3.10. The van der Waals surface area contributed by atoms with Crippen molar-refractivity contribution in [3.63, 3.8) is 0 Å². The third kappa shape index (κ3) is 3.26. The van der Waals surface area contributed by atoms with Gasteiger partial charge in [0.05, 0.1) is 17.7 Å². The first kappa shape index (κ1) is 14.6. The highest BCUT2D eigenvalue weighted by molar-refractivity contribution is 6.49. The minimum absolute atomic E-state index is 0.194. The second-order valence-corrected chi connectivity index (χ2v) is 3.88. The Labute approximate surface area is 107 Å². The lowest BCUT2D eigenvalue weighted by atomic mass is 10.1. The molecular formula is C12H10ClF3O2. The molecule has 1 aromatic carbocycles. The summed E-state index contributed by atoms with van der Waals surface area (Å²) in [5.74, 6) is -0.561. The molecule has 6 heteroatoms. The van der Waals surface area contributed by atoms with Crippen molar-refractivity contribution in [1.29, 1.82) is 0 Å². The zero-order valence-electron chi connectivity index (χ0n) is 9.64. The number of alkyl halides is 3. The van der Waals surface area contributed by atoms with Crippen molar-refractivity contribution >= 4 is 22.6 Å². The Morgan fingerprint density at radius 3 is 2.00 bits per heavy atom. The van der Waals surface area contributed by atoms with E-state index in [1.807, 2.05) is 0 Å². The molecule has 2 nitrogen and oxygen atoms in total. The molecule has 0 aliphatic rings. The molecule has 1 rings (SSSR count). The minimum Gasteiger partial charge on any atom is -0.465 e. The average Bonchev–Trinajstić information content (AvgIpc) is 2.35. The normalized spacial score (nSPS) is 13.0. The number of hydrogen-bond acceptors (Lipinski definition) is 2. The molecule has 1 aromatic rings. The van der Waals surface area contributed by atoms with Crippen LogP contribution in [0.4, 0.5) is 13.2 Å². The largest absolute Gasteiger partial charge is 0.465 e. The SMILES string of the molecule is COC(=O)c1ccc(/C(Cl)=C(/C)C(F)(F)F)cc1. The number of methoxy groups -OCH3 is 1.